The van der Waals surface area contributed by atoms with Crippen LogP contribution in [0.2, 0.25) is 0 Å². The number of benzene rings is 1. The number of nitrogens with one attached hydrogen (secondary N) is 1. The van der Waals surface area contributed by atoms with Crippen LogP contribution in [0.1, 0.15) is 32.6 Å². The highest BCUT2D eigenvalue weighted by Crippen LogP contribution is 2.30. The minimum absolute atomic E-state index is 0.112. The molecule has 1 aliphatic rings. The van der Waals surface area contributed by atoms with Crippen LogP contribution in [0.4, 0.5) is 11.6 Å². The van der Waals surface area contributed by atoms with Crippen molar-refractivity contribution in [2.45, 2.75) is 38.6 Å². The maximum atomic E-state index is 12.2. The smallest absolute Gasteiger partial charge is 0.260 e. The van der Waals surface area contributed by atoms with Gasteiger partial charge in [-0.05, 0) is 37.5 Å². The van der Waals surface area contributed by atoms with E-state index >= 15 is 0 Å². The average molecular weight is 272 g/mol. The molecule has 1 aliphatic carbocycles. The van der Waals surface area contributed by atoms with Crippen LogP contribution >= 0.6 is 0 Å². The number of H-pyrrole nitrogens is 1. The molecule has 0 saturated heterocycles. The van der Waals surface area contributed by atoms with E-state index in [1.165, 1.54) is 12.8 Å². The second-order valence-corrected chi connectivity index (χ2v) is 5.44. The molecular weight excluding hydrogens is 252 g/mol. The van der Waals surface area contributed by atoms with E-state index in [9.17, 15) is 4.79 Å². The molecule has 0 unspecified atom stereocenters. The first-order valence-corrected chi connectivity index (χ1v) is 7.25. The molecule has 1 heterocycles. The molecule has 5 heteroatoms. The lowest BCUT2D eigenvalue weighted by Gasteiger charge is -2.22. The normalized spacial score (nSPS) is 14.7. The van der Waals surface area contributed by atoms with Crippen LogP contribution in [0.3, 0.4) is 0 Å². The zero-order chi connectivity index (χ0) is 14.1. The molecule has 20 heavy (non-hydrogen) atoms. The molecule has 2 aromatic rings. The molecule has 1 saturated carbocycles. The number of nitrogens with zero attached hydrogens (tertiary/aromatic N) is 2. The van der Waals surface area contributed by atoms with Gasteiger partial charge in [0.05, 0.1) is 10.9 Å². The van der Waals surface area contributed by atoms with Gasteiger partial charge in [0.15, 0.2) is 0 Å². The maximum Gasteiger partial charge on any atom is 0.260 e. The standard InChI is InChI=1S/C15H20N4O/c1-2-3-8-19(11-5-6-11)15-17-13-7-4-10(16)9-12(13)14(20)18-15/h4,7,9,11H,2-3,5-6,8,16H2,1H3,(H,17,18,20). The van der Waals surface area contributed by atoms with Crippen molar-refractivity contribution in [3.05, 3.63) is 28.6 Å². The SMILES string of the molecule is CCCCN(c1nc2ccc(N)cc2c(=O)[nH]1)C1CC1. The van der Waals surface area contributed by atoms with E-state index in [2.05, 4.69) is 21.8 Å². The highest BCUT2D eigenvalue weighted by Gasteiger charge is 2.30. The molecule has 0 radical (unpaired) electrons. The predicted molar refractivity (Wildman–Crippen MR) is 82.1 cm³/mol. The number of aromatic amines is 1. The van der Waals surface area contributed by atoms with Gasteiger partial charge in [-0.3, -0.25) is 9.78 Å². The fourth-order valence-corrected chi connectivity index (χ4v) is 2.46. The molecular formula is C15H20N4O. The quantitative estimate of drug-likeness (QED) is 0.819. The Balaban J connectivity index is 2.02. The molecule has 106 valence electrons. The average Bonchev–Trinajstić information content (AvgIpc) is 3.25. The van der Waals surface area contributed by atoms with Crippen LogP contribution in [-0.2, 0) is 0 Å². The second kappa shape index (κ2) is 5.15. The highest BCUT2D eigenvalue weighted by molar-refractivity contribution is 5.81. The Morgan fingerprint density at radius 3 is 2.95 bits per heavy atom. The Morgan fingerprint density at radius 2 is 2.25 bits per heavy atom. The molecule has 1 aromatic carbocycles. The first kappa shape index (κ1) is 13.0. The Morgan fingerprint density at radius 1 is 1.45 bits per heavy atom. The Labute approximate surface area is 117 Å². The van der Waals surface area contributed by atoms with Crippen LogP contribution in [-0.4, -0.2) is 22.6 Å². The lowest BCUT2D eigenvalue weighted by atomic mass is 10.2. The summed E-state index contributed by atoms with van der Waals surface area (Å²) in [5.41, 5.74) is 6.91. The van der Waals surface area contributed by atoms with Crippen molar-refractivity contribution < 1.29 is 0 Å². The van der Waals surface area contributed by atoms with Crippen LogP contribution in [0.25, 0.3) is 10.9 Å². The molecule has 3 N–H and O–H groups in total. The number of aromatic nitrogens is 2. The first-order valence-electron chi connectivity index (χ1n) is 7.25. The number of fused-ring (bicyclic) bond motifs is 1. The third-order valence-electron chi connectivity index (χ3n) is 3.73. The van der Waals surface area contributed by atoms with Crippen LogP contribution in [0.15, 0.2) is 23.0 Å². The van der Waals surface area contributed by atoms with Gasteiger partial charge in [0, 0.05) is 18.3 Å². The van der Waals surface area contributed by atoms with E-state index in [1.807, 2.05) is 6.07 Å². The van der Waals surface area contributed by atoms with E-state index < -0.39 is 0 Å². The summed E-state index contributed by atoms with van der Waals surface area (Å²) in [5, 5.41) is 0.556. The van der Waals surface area contributed by atoms with E-state index in [1.54, 1.807) is 12.1 Å². The van der Waals surface area contributed by atoms with Gasteiger partial charge in [-0.15, -0.1) is 0 Å². The van der Waals surface area contributed by atoms with Crippen molar-refractivity contribution in [2.75, 3.05) is 17.2 Å². The number of nitrogen functional groups attached to an aromatic ring is 1. The van der Waals surface area contributed by atoms with E-state index in [4.69, 9.17) is 5.73 Å². The van der Waals surface area contributed by atoms with Crippen LogP contribution in [0, 0.1) is 0 Å². The Kier molecular flexibility index (Phi) is 3.34. The van der Waals surface area contributed by atoms with Crippen LogP contribution < -0.4 is 16.2 Å². The first-order chi connectivity index (χ1) is 9.69. The number of hydrogen-bond donors (Lipinski definition) is 2. The van der Waals surface area contributed by atoms with Gasteiger partial charge < -0.3 is 10.6 Å². The van der Waals surface area contributed by atoms with Gasteiger partial charge in [0.1, 0.15) is 0 Å². The van der Waals surface area contributed by atoms with Crippen molar-refractivity contribution in [3.8, 4) is 0 Å². The van der Waals surface area contributed by atoms with Crippen molar-refractivity contribution in [1.29, 1.82) is 0 Å². The minimum Gasteiger partial charge on any atom is -0.399 e. The summed E-state index contributed by atoms with van der Waals surface area (Å²) in [6.45, 7) is 3.12. The zero-order valence-electron chi connectivity index (χ0n) is 11.7. The summed E-state index contributed by atoms with van der Waals surface area (Å²) in [5.74, 6) is 0.697. The minimum atomic E-state index is -0.112. The van der Waals surface area contributed by atoms with E-state index in [0.717, 1.165) is 19.4 Å². The van der Waals surface area contributed by atoms with Crippen molar-refractivity contribution in [3.63, 3.8) is 0 Å². The van der Waals surface area contributed by atoms with Gasteiger partial charge in [0.2, 0.25) is 5.95 Å². The lowest BCUT2D eigenvalue weighted by molar-refractivity contribution is 0.695. The number of nitrogens with two attached hydrogens (primary N) is 1. The number of unbranched alkanes of at least 4 members (excludes halogenated alkanes) is 1. The van der Waals surface area contributed by atoms with Crippen molar-refractivity contribution in [2.24, 2.45) is 0 Å². The monoisotopic (exact) mass is 272 g/mol. The Hall–Kier alpha value is -2.04. The summed E-state index contributed by atoms with van der Waals surface area (Å²) in [4.78, 5) is 22.0. The van der Waals surface area contributed by atoms with E-state index in [0.29, 0.717) is 28.6 Å². The molecule has 0 spiro atoms. The summed E-state index contributed by atoms with van der Waals surface area (Å²) in [6, 6.07) is 5.81. The largest absolute Gasteiger partial charge is 0.399 e. The molecule has 0 atom stereocenters. The van der Waals surface area contributed by atoms with Gasteiger partial charge in [-0.2, -0.15) is 0 Å². The fraction of sp³-hybridized carbons (Fsp3) is 0.467. The third-order valence-corrected chi connectivity index (χ3v) is 3.73. The molecule has 0 bridgehead atoms. The van der Waals surface area contributed by atoms with Gasteiger partial charge in [-0.25, -0.2) is 4.98 Å². The lowest BCUT2D eigenvalue weighted by Crippen LogP contribution is -2.30. The summed E-state index contributed by atoms with van der Waals surface area (Å²) < 4.78 is 0. The second-order valence-electron chi connectivity index (χ2n) is 5.44. The van der Waals surface area contributed by atoms with Crippen LogP contribution in [0.5, 0.6) is 0 Å². The molecule has 0 amide bonds. The Bertz CT molecular complexity index is 675. The highest BCUT2D eigenvalue weighted by atomic mass is 16.1. The van der Waals surface area contributed by atoms with E-state index in [-0.39, 0.29) is 5.56 Å². The molecule has 3 rings (SSSR count). The van der Waals surface area contributed by atoms with Crippen molar-refractivity contribution >= 4 is 22.5 Å². The molecule has 5 nitrogen and oxygen atoms in total. The summed E-state index contributed by atoms with van der Waals surface area (Å²) >= 11 is 0. The summed E-state index contributed by atoms with van der Waals surface area (Å²) in [7, 11) is 0. The maximum absolute atomic E-state index is 12.2. The molecule has 1 aromatic heterocycles. The molecule has 0 aliphatic heterocycles. The number of rotatable bonds is 5. The van der Waals surface area contributed by atoms with Gasteiger partial charge in [0.25, 0.3) is 5.56 Å². The summed E-state index contributed by atoms with van der Waals surface area (Å²) in [6.07, 6.45) is 4.62. The van der Waals surface area contributed by atoms with Crippen molar-refractivity contribution in [1.82, 2.24) is 9.97 Å². The third kappa shape index (κ3) is 2.48. The molecule has 1 fully saturated rings. The fourth-order valence-electron chi connectivity index (χ4n) is 2.46. The van der Waals surface area contributed by atoms with Gasteiger partial charge >= 0.3 is 0 Å². The number of anilines is 2. The number of hydrogen-bond acceptors (Lipinski definition) is 4. The van der Waals surface area contributed by atoms with Gasteiger partial charge in [-0.1, -0.05) is 13.3 Å². The zero-order valence-corrected chi connectivity index (χ0v) is 11.7. The predicted octanol–water partition coefficient (Wildman–Crippen LogP) is 2.27. The topological polar surface area (TPSA) is 75.0 Å².